The first-order chi connectivity index (χ1) is 15.0. The molecule has 0 aliphatic rings. The lowest BCUT2D eigenvalue weighted by molar-refractivity contribution is -0.120. The van der Waals surface area contributed by atoms with Gasteiger partial charge in [0.25, 0.3) is 0 Å². The minimum Gasteiger partial charge on any atom is -0.492 e. The molecule has 1 aromatic heterocycles. The van der Waals surface area contributed by atoms with Crippen molar-refractivity contribution < 1.29 is 19.1 Å². The Morgan fingerprint density at radius 2 is 1.90 bits per heavy atom. The van der Waals surface area contributed by atoms with Crippen molar-refractivity contribution in [2.45, 2.75) is 30.8 Å². The van der Waals surface area contributed by atoms with Gasteiger partial charge < -0.3 is 14.8 Å². The molecule has 9 nitrogen and oxygen atoms in total. The highest BCUT2D eigenvalue weighted by molar-refractivity contribution is 8.00. The number of thioether (sulfide) groups is 1. The van der Waals surface area contributed by atoms with Gasteiger partial charge in [-0.2, -0.15) is 4.68 Å². The minimum absolute atomic E-state index is 0.158. The second-order valence-corrected chi connectivity index (χ2v) is 7.75. The van der Waals surface area contributed by atoms with E-state index in [4.69, 9.17) is 4.74 Å². The van der Waals surface area contributed by atoms with E-state index in [9.17, 15) is 9.59 Å². The van der Waals surface area contributed by atoms with E-state index in [2.05, 4.69) is 25.6 Å². The molecular formula is C21H23N5O4S. The summed E-state index contributed by atoms with van der Waals surface area (Å²) >= 11 is 1.25. The molecule has 0 spiro atoms. The molecule has 0 saturated heterocycles. The first-order valence-corrected chi connectivity index (χ1v) is 10.5. The van der Waals surface area contributed by atoms with Crippen LogP contribution in [-0.4, -0.2) is 51.1 Å². The summed E-state index contributed by atoms with van der Waals surface area (Å²) in [7, 11) is 1.33. The number of tetrazole rings is 1. The van der Waals surface area contributed by atoms with E-state index in [1.807, 2.05) is 31.2 Å². The molecule has 2 aromatic carbocycles. The van der Waals surface area contributed by atoms with Gasteiger partial charge in [0.05, 0.1) is 24.5 Å². The number of rotatable bonds is 9. The fourth-order valence-electron chi connectivity index (χ4n) is 2.73. The average molecular weight is 442 g/mol. The maximum absolute atomic E-state index is 12.6. The van der Waals surface area contributed by atoms with Gasteiger partial charge in [0.15, 0.2) is 0 Å². The first-order valence-electron chi connectivity index (χ1n) is 9.65. The number of hydrogen-bond acceptors (Lipinski definition) is 8. The van der Waals surface area contributed by atoms with Gasteiger partial charge in [-0.3, -0.25) is 4.79 Å². The molecule has 0 fully saturated rings. The molecule has 3 aromatic rings. The third kappa shape index (κ3) is 5.60. The zero-order valence-corrected chi connectivity index (χ0v) is 18.3. The fraction of sp³-hybridized carbons (Fsp3) is 0.286. The number of para-hydroxylation sites is 2. The van der Waals surface area contributed by atoms with Crippen LogP contribution in [0.15, 0.2) is 53.7 Å². The quantitative estimate of drug-likeness (QED) is 0.399. The van der Waals surface area contributed by atoms with Gasteiger partial charge in [0.2, 0.25) is 11.1 Å². The Bertz CT molecular complexity index is 1040. The third-order valence-corrected chi connectivity index (χ3v) is 5.36. The maximum Gasteiger partial charge on any atom is 0.337 e. The van der Waals surface area contributed by atoms with Gasteiger partial charge in [-0.25, -0.2) is 4.79 Å². The number of amides is 1. The van der Waals surface area contributed by atoms with Crippen LogP contribution in [0, 0.1) is 0 Å². The number of esters is 1. The van der Waals surface area contributed by atoms with E-state index in [-0.39, 0.29) is 5.91 Å². The molecule has 1 N–H and O–H groups in total. The Labute approximate surface area is 184 Å². The monoisotopic (exact) mass is 441 g/mol. The van der Waals surface area contributed by atoms with Crippen molar-refractivity contribution in [3.05, 3.63) is 59.7 Å². The van der Waals surface area contributed by atoms with Crippen molar-refractivity contribution in [3.63, 3.8) is 0 Å². The second kappa shape index (κ2) is 10.6. The molecule has 1 unspecified atom stereocenters. The maximum atomic E-state index is 12.6. The van der Waals surface area contributed by atoms with Crippen LogP contribution in [-0.2, 0) is 16.1 Å². The smallest absolute Gasteiger partial charge is 0.337 e. The third-order valence-electron chi connectivity index (χ3n) is 4.33. The van der Waals surface area contributed by atoms with Crippen molar-refractivity contribution in [2.75, 3.05) is 13.7 Å². The number of benzene rings is 2. The lowest BCUT2D eigenvalue weighted by Gasteiger charge is -2.13. The molecule has 0 aliphatic carbocycles. The van der Waals surface area contributed by atoms with Crippen molar-refractivity contribution in [3.8, 4) is 11.4 Å². The Kier molecular flexibility index (Phi) is 7.60. The summed E-state index contributed by atoms with van der Waals surface area (Å²) in [5, 5.41) is 14.8. The van der Waals surface area contributed by atoms with E-state index in [0.29, 0.717) is 35.3 Å². The van der Waals surface area contributed by atoms with Gasteiger partial charge >= 0.3 is 5.97 Å². The van der Waals surface area contributed by atoms with Crippen molar-refractivity contribution >= 4 is 23.6 Å². The minimum atomic E-state index is -0.432. The summed E-state index contributed by atoms with van der Waals surface area (Å²) in [5.74, 6) is 0.102. The Morgan fingerprint density at radius 1 is 1.16 bits per heavy atom. The second-order valence-electron chi connectivity index (χ2n) is 6.44. The van der Waals surface area contributed by atoms with E-state index >= 15 is 0 Å². The van der Waals surface area contributed by atoms with Crippen LogP contribution in [0.2, 0.25) is 0 Å². The van der Waals surface area contributed by atoms with Crippen LogP contribution in [0.4, 0.5) is 0 Å². The summed E-state index contributed by atoms with van der Waals surface area (Å²) in [6, 6.07) is 14.3. The van der Waals surface area contributed by atoms with Crippen LogP contribution >= 0.6 is 11.8 Å². The van der Waals surface area contributed by atoms with Crippen LogP contribution in [0.5, 0.6) is 5.75 Å². The number of nitrogens with zero attached hydrogens (tertiary/aromatic N) is 4. The predicted octanol–water partition coefficient (Wildman–Crippen LogP) is 2.64. The van der Waals surface area contributed by atoms with Crippen LogP contribution in [0.1, 0.15) is 29.8 Å². The van der Waals surface area contributed by atoms with Gasteiger partial charge in [-0.15, -0.1) is 5.10 Å². The summed E-state index contributed by atoms with van der Waals surface area (Å²) in [6.45, 7) is 4.54. The SMILES string of the molecule is CCOc1ccccc1-n1nnnc1SC(C)C(=O)NCc1ccc(C(=O)OC)cc1. The Hall–Kier alpha value is -3.40. The molecular weight excluding hydrogens is 418 g/mol. The lowest BCUT2D eigenvalue weighted by Crippen LogP contribution is -2.30. The number of carbonyl (C=O) groups excluding carboxylic acids is 2. The molecule has 3 rings (SSSR count). The normalized spacial score (nSPS) is 11.6. The molecule has 0 saturated carbocycles. The summed E-state index contributed by atoms with van der Waals surface area (Å²) < 4.78 is 11.9. The van der Waals surface area contributed by atoms with Crippen LogP contribution in [0.3, 0.4) is 0 Å². The van der Waals surface area contributed by atoms with Gasteiger partial charge in [-0.1, -0.05) is 36.0 Å². The largest absolute Gasteiger partial charge is 0.492 e. The molecule has 10 heteroatoms. The number of ether oxygens (including phenoxy) is 2. The zero-order valence-electron chi connectivity index (χ0n) is 17.4. The highest BCUT2D eigenvalue weighted by Crippen LogP contribution is 2.28. The van der Waals surface area contributed by atoms with Crippen molar-refractivity contribution in [2.24, 2.45) is 0 Å². The van der Waals surface area contributed by atoms with Crippen molar-refractivity contribution in [1.29, 1.82) is 0 Å². The predicted molar refractivity (Wildman–Crippen MR) is 115 cm³/mol. The first kappa shape index (κ1) is 22.3. The van der Waals surface area contributed by atoms with Crippen LogP contribution in [0.25, 0.3) is 5.69 Å². The number of nitrogens with one attached hydrogen (secondary N) is 1. The van der Waals surface area contributed by atoms with Gasteiger partial charge in [0.1, 0.15) is 11.4 Å². The highest BCUT2D eigenvalue weighted by Gasteiger charge is 2.20. The van der Waals surface area contributed by atoms with E-state index in [1.54, 1.807) is 35.9 Å². The molecule has 0 radical (unpaired) electrons. The topological polar surface area (TPSA) is 108 Å². The number of aromatic nitrogens is 4. The van der Waals surface area contributed by atoms with E-state index in [1.165, 1.54) is 18.9 Å². The van der Waals surface area contributed by atoms with Gasteiger partial charge in [-0.05, 0) is 54.1 Å². The Morgan fingerprint density at radius 3 is 2.61 bits per heavy atom. The lowest BCUT2D eigenvalue weighted by atomic mass is 10.1. The van der Waals surface area contributed by atoms with E-state index in [0.717, 1.165) is 5.56 Å². The van der Waals surface area contributed by atoms with Crippen LogP contribution < -0.4 is 10.1 Å². The summed E-state index contributed by atoms with van der Waals surface area (Å²) in [5.41, 5.74) is 2.03. The fourth-order valence-corrected chi connectivity index (χ4v) is 3.56. The highest BCUT2D eigenvalue weighted by atomic mass is 32.2. The average Bonchev–Trinajstić information content (AvgIpc) is 3.25. The molecule has 1 atom stereocenters. The molecule has 1 amide bonds. The standard InChI is InChI=1S/C21H23N5O4S/c1-4-30-18-8-6-5-7-17(18)26-21(23-24-25-26)31-14(2)19(27)22-13-15-9-11-16(12-10-15)20(28)29-3/h5-12,14H,4,13H2,1-3H3,(H,22,27). The Balaban J connectivity index is 1.62. The number of carbonyl (C=O) groups is 2. The molecule has 1 heterocycles. The zero-order chi connectivity index (χ0) is 22.2. The number of hydrogen-bond donors (Lipinski definition) is 1. The molecule has 0 aliphatic heterocycles. The molecule has 162 valence electrons. The van der Waals surface area contributed by atoms with Gasteiger partial charge in [0, 0.05) is 6.54 Å². The summed E-state index contributed by atoms with van der Waals surface area (Å²) in [6.07, 6.45) is 0. The van der Waals surface area contributed by atoms with E-state index < -0.39 is 11.2 Å². The number of methoxy groups -OCH3 is 1. The van der Waals surface area contributed by atoms with Crippen molar-refractivity contribution in [1.82, 2.24) is 25.5 Å². The summed E-state index contributed by atoms with van der Waals surface area (Å²) in [4.78, 5) is 24.1. The molecule has 31 heavy (non-hydrogen) atoms. The molecule has 0 bridgehead atoms.